The quantitative estimate of drug-likeness (QED) is 0.615. The van der Waals surface area contributed by atoms with Crippen molar-refractivity contribution in [2.75, 3.05) is 18.4 Å². The van der Waals surface area contributed by atoms with Crippen molar-refractivity contribution < 1.29 is 14.3 Å². The molecule has 1 saturated heterocycles. The number of anilines is 1. The van der Waals surface area contributed by atoms with E-state index >= 15 is 0 Å². The first kappa shape index (κ1) is 20.1. The molecule has 2 fully saturated rings. The van der Waals surface area contributed by atoms with E-state index in [0.29, 0.717) is 30.5 Å². The fraction of sp³-hybridized carbons (Fsp3) is 0.440. The number of rotatable bonds is 3. The molecule has 1 aliphatic heterocycles. The number of benzene rings is 2. The zero-order valence-electron chi connectivity index (χ0n) is 18.0. The summed E-state index contributed by atoms with van der Waals surface area (Å²) in [5.41, 5.74) is 2.16. The Kier molecular flexibility index (Phi) is 4.37. The number of amides is 1. The van der Waals surface area contributed by atoms with Gasteiger partial charge in [-0.1, -0.05) is 43.1 Å². The van der Waals surface area contributed by atoms with Gasteiger partial charge in [-0.15, -0.1) is 0 Å². The molecule has 3 aliphatic rings. The summed E-state index contributed by atoms with van der Waals surface area (Å²) in [6.45, 7) is 3.11. The summed E-state index contributed by atoms with van der Waals surface area (Å²) in [7, 11) is 0. The minimum Gasteiger partial charge on any atom is -0.424 e. The fourth-order valence-corrected chi connectivity index (χ4v) is 6.29. The largest absolute Gasteiger partial charge is 0.424 e. The topological polar surface area (TPSA) is 78.6 Å². The first-order valence-electron chi connectivity index (χ1n) is 11.3. The van der Waals surface area contributed by atoms with Crippen molar-refractivity contribution in [3.63, 3.8) is 0 Å². The molecule has 6 rings (SSSR count). The smallest absolute Gasteiger partial charge is 0.295 e. The van der Waals surface area contributed by atoms with E-state index in [1.54, 1.807) is 0 Å². The predicted octanol–water partition coefficient (Wildman–Crippen LogP) is 4.45. The summed E-state index contributed by atoms with van der Waals surface area (Å²) in [6, 6.07) is 13.8. The lowest BCUT2D eigenvalue weighted by Crippen LogP contribution is -2.67. The number of aromatic nitrogens is 1. The summed E-state index contributed by atoms with van der Waals surface area (Å²) in [5, 5.41) is 15.4. The number of hydrogen-bond acceptors (Lipinski definition) is 5. The molecule has 1 aromatic heterocycles. The van der Waals surface area contributed by atoms with Gasteiger partial charge in [0.25, 0.3) is 6.01 Å². The normalized spacial score (nSPS) is 31.2. The molecule has 32 heavy (non-hydrogen) atoms. The highest BCUT2D eigenvalue weighted by atomic mass is 35.5. The summed E-state index contributed by atoms with van der Waals surface area (Å²) in [5.74, 6) is 0.0218. The standard InChI is InChI=1S/C25H26ClN3O3/c1-24-14-29(12-11-25(24,31)17-10-9-15(26)13-18(17)24)22(30)16-5-4-7-19(16)27-23-28-20-6-2-3-8-21(20)32-23/h2-3,6,8-10,13,16,19,31H,4-5,7,11-12,14H2,1H3,(H,27,28)/t16-,19+,24?,25-/m0/s1. The molecule has 1 saturated carbocycles. The van der Waals surface area contributed by atoms with Gasteiger partial charge in [-0.3, -0.25) is 4.79 Å². The van der Waals surface area contributed by atoms with Crippen LogP contribution in [0.1, 0.15) is 43.7 Å². The van der Waals surface area contributed by atoms with Gasteiger partial charge in [0.15, 0.2) is 5.58 Å². The number of carbonyl (C=O) groups excluding carboxylic acids is 1. The second-order valence-electron chi connectivity index (χ2n) is 9.67. The van der Waals surface area contributed by atoms with E-state index in [1.807, 2.05) is 54.3 Å². The Bertz CT molecular complexity index is 1190. The number of hydrogen-bond donors (Lipinski definition) is 2. The number of carbonyl (C=O) groups is 1. The molecule has 2 aromatic carbocycles. The van der Waals surface area contributed by atoms with E-state index in [2.05, 4.69) is 10.3 Å². The Morgan fingerprint density at radius 2 is 2.09 bits per heavy atom. The Balaban J connectivity index is 1.21. The van der Waals surface area contributed by atoms with Gasteiger partial charge in [0.05, 0.1) is 5.92 Å². The molecule has 4 atom stereocenters. The minimum atomic E-state index is -0.894. The van der Waals surface area contributed by atoms with Crippen LogP contribution in [0.4, 0.5) is 6.01 Å². The van der Waals surface area contributed by atoms with E-state index in [-0.39, 0.29) is 17.9 Å². The van der Waals surface area contributed by atoms with Crippen LogP contribution in [0, 0.1) is 5.92 Å². The fourth-order valence-electron chi connectivity index (χ4n) is 6.12. The third-order valence-corrected chi connectivity index (χ3v) is 8.17. The van der Waals surface area contributed by atoms with Crippen molar-refractivity contribution in [3.05, 3.63) is 58.6 Å². The lowest BCUT2D eigenvalue weighted by atomic mass is 9.51. The van der Waals surface area contributed by atoms with Crippen molar-refractivity contribution in [1.29, 1.82) is 0 Å². The highest BCUT2D eigenvalue weighted by Gasteiger charge is 2.62. The average Bonchev–Trinajstić information content (AvgIpc) is 3.41. The van der Waals surface area contributed by atoms with Crippen LogP contribution in [0.25, 0.3) is 11.1 Å². The van der Waals surface area contributed by atoms with Crippen molar-refractivity contribution in [2.45, 2.75) is 49.7 Å². The molecular weight excluding hydrogens is 426 g/mol. The molecule has 2 aliphatic carbocycles. The summed E-state index contributed by atoms with van der Waals surface area (Å²) in [6.07, 6.45) is 3.28. The van der Waals surface area contributed by atoms with E-state index in [9.17, 15) is 9.90 Å². The number of likely N-dealkylation sites (tertiary alicyclic amines) is 1. The number of nitrogens with one attached hydrogen (secondary N) is 1. The highest BCUT2D eigenvalue weighted by Crippen LogP contribution is 2.59. The van der Waals surface area contributed by atoms with Gasteiger partial charge in [0.2, 0.25) is 5.91 Å². The van der Waals surface area contributed by atoms with Crippen LogP contribution in [-0.2, 0) is 15.8 Å². The van der Waals surface area contributed by atoms with E-state index in [4.69, 9.17) is 16.0 Å². The van der Waals surface area contributed by atoms with Crippen molar-refractivity contribution >= 4 is 34.6 Å². The molecule has 2 N–H and O–H groups in total. The molecule has 0 spiro atoms. The molecule has 2 heterocycles. The molecule has 3 aromatic rings. The monoisotopic (exact) mass is 451 g/mol. The number of nitrogens with zero attached hydrogens (tertiary/aromatic N) is 2. The number of halogens is 1. The van der Waals surface area contributed by atoms with Gasteiger partial charge in [-0.25, -0.2) is 0 Å². The maximum Gasteiger partial charge on any atom is 0.295 e. The lowest BCUT2D eigenvalue weighted by molar-refractivity contribution is -0.154. The molecule has 0 radical (unpaired) electrons. The zero-order valence-corrected chi connectivity index (χ0v) is 18.7. The SMILES string of the molecule is CC12CN(C(=O)[C@H]3CCC[C@H]3Nc3nc4ccccc4o3)CC[C@]1(O)c1ccc(Cl)cc12. The first-order chi connectivity index (χ1) is 15.4. The van der Waals surface area contributed by atoms with Gasteiger partial charge in [-0.2, -0.15) is 4.98 Å². The molecule has 1 unspecified atom stereocenters. The first-order valence-corrected chi connectivity index (χ1v) is 11.7. The van der Waals surface area contributed by atoms with Gasteiger partial charge >= 0.3 is 0 Å². The third-order valence-electron chi connectivity index (χ3n) is 7.93. The maximum atomic E-state index is 13.6. The van der Waals surface area contributed by atoms with Crippen LogP contribution in [0.2, 0.25) is 5.02 Å². The van der Waals surface area contributed by atoms with Crippen molar-refractivity contribution in [1.82, 2.24) is 9.88 Å². The van der Waals surface area contributed by atoms with E-state index in [1.165, 1.54) is 0 Å². The molecule has 166 valence electrons. The molecule has 1 amide bonds. The van der Waals surface area contributed by atoms with Crippen LogP contribution in [0.5, 0.6) is 0 Å². The van der Waals surface area contributed by atoms with Crippen LogP contribution in [-0.4, -0.2) is 40.0 Å². The Morgan fingerprint density at radius 1 is 1.25 bits per heavy atom. The maximum absolute atomic E-state index is 13.6. The van der Waals surface area contributed by atoms with E-state index in [0.717, 1.165) is 41.5 Å². The van der Waals surface area contributed by atoms with Crippen LogP contribution < -0.4 is 5.32 Å². The molecule has 0 bridgehead atoms. The van der Waals surface area contributed by atoms with E-state index < -0.39 is 11.0 Å². The molecule has 6 nitrogen and oxygen atoms in total. The number of aliphatic hydroxyl groups is 1. The van der Waals surface area contributed by atoms with Gasteiger partial charge < -0.3 is 19.7 Å². The second-order valence-corrected chi connectivity index (χ2v) is 10.1. The van der Waals surface area contributed by atoms with Crippen LogP contribution in [0.15, 0.2) is 46.9 Å². The number of oxazole rings is 1. The lowest BCUT2D eigenvalue weighted by Gasteiger charge is -2.61. The highest BCUT2D eigenvalue weighted by molar-refractivity contribution is 6.30. The second kappa shape index (κ2) is 6.96. The number of fused-ring (bicyclic) bond motifs is 5. The van der Waals surface area contributed by atoms with Crippen molar-refractivity contribution in [3.8, 4) is 0 Å². The number of piperidine rings is 1. The van der Waals surface area contributed by atoms with Crippen LogP contribution >= 0.6 is 11.6 Å². The van der Waals surface area contributed by atoms with Gasteiger partial charge in [0, 0.05) is 29.6 Å². The summed E-state index contributed by atoms with van der Waals surface area (Å²) >= 11 is 6.23. The third kappa shape index (κ3) is 2.75. The Morgan fingerprint density at radius 3 is 2.94 bits per heavy atom. The predicted molar refractivity (Wildman–Crippen MR) is 123 cm³/mol. The molecule has 7 heteroatoms. The Labute approximate surface area is 191 Å². The zero-order chi connectivity index (χ0) is 22.1. The van der Waals surface area contributed by atoms with Gasteiger partial charge in [0.1, 0.15) is 11.1 Å². The van der Waals surface area contributed by atoms with Gasteiger partial charge in [-0.05, 0) is 54.7 Å². The van der Waals surface area contributed by atoms with Crippen LogP contribution in [0.3, 0.4) is 0 Å². The summed E-state index contributed by atoms with van der Waals surface area (Å²) in [4.78, 5) is 20.1. The molecular formula is C25H26ClN3O3. The Hall–Kier alpha value is -2.57. The number of para-hydroxylation sites is 2. The minimum absolute atomic E-state index is 0.00713. The summed E-state index contributed by atoms with van der Waals surface area (Å²) < 4.78 is 5.83. The average molecular weight is 452 g/mol. The van der Waals surface area contributed by atoms with Crippen molar-refractivity contribution in [2.24, 2.45) is 5.92 Å².